The molecule has 1 fully saturated rings. The number of nitrogens with two attached hydrogens (primary N) is 1. The van der Waals surface area contributed by atoms with E-state index in [0.29, 0.717) is 18.4 Å². The molecule has 0 aromatic carbocycles. The van der Waals surface area contributed by atoms with E-state index < -0.39 is 0 Å². The van der Waals surface area contributed by atoms with Gasteiger partial charge in [0.05, 0.1) is 6.54 Å². The molecule has 0 aromatic heterocycles. The summed E-state index contributed by atoms with van der Waals surface area (Å²) in [5.41, 5.74) is 5.82. The molecule has 0 aliphatic heterocycles. The number of carbonyl (C=O) groups is 2. The molecule has 0 atom stereocenters. The molecule has 5 heteroatoms. The highest BCUT2D eigenvalue weighted by Crippen LogP contribution is 2.26. The zero-order valence-electron chi connectivity index (χ0n) is 10.7. The minimum absolute atomic E-state index is 0.0501. The summed E-state index contributed by atoms with van der Waals surface area (Å²) < 4.78 is 0. The summed E-state index contributed by atoms with van der Waals surface area (Å²) in [5, 5.41) is 2.51. The smallest absolute Gasteiger partial charge is 0.239 e. The Hall–Kier alpha value is -1.10. The average Bonchev–Trinajstić information content (AvgIpc) is 2.31. The van der Waals surface area contributed by atoms with Gasteiger partial charge in [0.1, 0.15) is 0 Å². The molecule has 1 saturated carbocycles. The van der Waals surface area contributed by atoms with E-state index in [1.807, 2.05) is 0 Å². The van der Waals surface area contributed by atoms with Crippen LogP contribution in [0.15, 0.2) is 0 Å². The van der Waals surface area contributed by atoms with Crippen molar-refractivity contribution in [2.45, 2.75) is 38.1 Å². The Kier molecular flexibility index (Phi) is 5.41. The van der Waals surface area contributed by atoms with Crippen LogP contribution in [0.1, 0.15) is 32.1 Å². The fraction of sp³-hybridized carbons (Fsp3) is 0.833. The fourth-order valence-corrected chi connectivity index (χ4v) is 2.18. The van der Waals surface area contributed by atoms with Gasteiger partial charge in [0.25, 0.3) is 0 Å². The van der Waals surface area contributed by atoms with Crippen molar-refractivity contribution in [3.8, 4) is 0 Å². The Morgan fingerprint density at radius 3 is 2.41 bits per heavy atom. The normalized spacial score (nSPS) is 24.2. The maximum atomic E-state index is 11.9. The van der Waals surface area contributed by atoms with E-state index in [9.17, 15) is 9.59 Å². The second-order valence-corrected chi connectivity index (χ2v) is 4.91. The summed E-state index contributed by atoms with van der Waals surface area (Å²) in [5.74, 6) is 0.357. The van der Waals surface area contributed by atoms with Crippen molar-refractivity contribution in [1.29, 1.82) is 0 Å². The summed E-state index contributed by atoms with van der Waals surface area (Å²) >= 11 is 0. The molecule has 1 aliphatic rings. The van der Waals surface area contributed by atoms with Crippen molar-refractivity contribution >= 4 is 11.8 Å². The first kappa shape index (κ1) is 14.0. The lowest BCUT2D eigenvalue weighted by atomic mass is 9.84. The Morgan fingerprint density at radius 2 is 1.88 bits per heavy atom. The molecular weight excluding hydrogens is 218 g/mol. The van der Waals surface area contributed by atoms with Gasteiger partial charge in [-0.25, -0.2) is 0 Å². The minimum Gasteiger partial charge on any atom is -0.358 e. The first-order valence-corrected chi connectivity index (χ1v) is 6.23. The summed E-state index contributed by atoms with van der Waals surface area (Å²) in [6.45, 7) is 0.140. The maximum absolute atomic E-state index is 11.9. The third-order valence-electron chi connectivity index (χ3n) is 3.44. The molecule has 0 aromatic rings. The molecule has 0 heterocycles. The number of amides is 2. The van der Waals surface area contributed by atoms with Crippen molar-refractivity contribution < 1.29 is 9.59 Å². The molecule has 0 spiro atoms. The van der Waals surface area contributed by atoms with Gasteiger partial charge in [-0.05, 0) is 31.6 Å². The van der Waals surface area contributed by atoms with Crippen LogP contribution in [0.2, 0.25) is 0 Å². The van der Waals surface area contributed by atoms with Crippen molar-refractivity contribution in [3.05, 3.63) is 0 Å². The average molecular weight is 241 g/mol. The first-order chi connectivity index (χ1) is 8.02. The molecule has 0 saturated heterocycles. The Morgan fingerprint density at radius 1 is 1.29 bits per heavy atom. The number of carbonyl (C=O) groups excluding carboxylic acids is 2. The number of hydrogen-bond acceptors (Lipinski definition) is 3. The fourth-order valence-electron chi connectivity index (χ4n) is 2.18. The van der Waals surface area contributed by atoms with Crippen LogP contribution in [-0.4, -0.2) is 43.4 Å². The Labute approximate surface area is 103 Å². The molecule has 1 rings (SSSR count). The monoisotopic (exact) mass is 241 g/mol. The Balaban J connectivity index is 2.30. The molecular formula is C12H23N3O2. The lowest BCUT2D eigenvalue weighted by Crippen LogP contribution is -2.38. The van der Waals surface area contributed by atoms with E-state index in [4.69, 9.17) is 5.73 Å². The van der Waals surface area contributed by atoms with Gasteiger partial charge in [-0.2, -0.15) is 0 Å². The van der Waals surface area contributed by atoms with Crippen LogP contribution in [0, 0.1) is 5.92 Å². The van der Waals surface area contributed by atoms with Gasteiger partial charge in [-0.1, -0.05) is 0 Å². The predicted molar refractivity (Wildman–Crippen MR) is 66.3 cm³/mol. The highest BCUT2D eigenvalue weighted by Gasteiger charge is 2.22. The summed E-state index contributed by atoms with van der Waals surface area (Å²) in [6.07, 6.45) is 4.62. The quantitative estimate of drug-likeness (QED) is 0.733. The number of rotatable bonds is 4. The van der Waals surface area contributed by atoms with Crippen LogP contribution in [0.25, 0.3) is 0 Å². The second kappa shape index (κ2) is 6.59. The number of nitrogens with zero attached hydrogens (tertiary/aromatic N) is 1. The van der Waals surface area contributed by atoms with Crippen molar-refractivity contribution in [1.82, 2.24) is 10.2 Å². The van der Waals surface area contributed by atoms with E-state index in [1.54, 1.807) is 14.1 Å². The van der Waals surface area contributed by atoms with Gasteiger partial charge in [-0.3, -0.25) is 9.59 Å². The van der Waals surface area contributed by atoms with Gasteiger partial charge in [0.2, 0.25) is 11.8 Å². The van der Waals surface area contributed by atoms with Gasteiger partial charge in [-0.15, -0.1) is 0 Å². The number of hydrogen-bond donors (Lipinski definition) is 2. The highest BCUT2D eigenvalue weighted by atomic mass is 16.2. The second-order valence-electron chi connectivity index (χ2n) is 4.91. The first-order valence-electron chi connectivity index (χ1n) is 6.23. The minimum atomic E-state index is -0.133. The molecule has 17 heavy (non-hydrogen) atoms. The van der Waals surface area contributed by atoms with Crippen molar-refractivity contribution in [2.24, 2.45) is 11.7 Å². The highest BCUT2D eigenvalue weighted by molar-refractivity contribution is 5.84. The summed E-state index contributed by atoms with van der Waals surface area (Å²) in [4.78, 5) is 24.5. The van der Waals surface area contributed by atoms with Crippen LogP contribution in [0.5, 0.6) is 0 Å². The van der Waals surface area contributed by atoms with E-state index in [-0.39, 0.29) is 18.4 Å². The van der Waals surface area contributed by atoms with E-state index in [2.05, 4.69) is 5.32 Å². The molecule has 1 aliphatic carbocycles. The molecule has 2 amide bonds. The summed E-state index contributed by atoms with van der Waals surface area (Å²) in [7, 11) is 3.25. The Bertz CT molecular complexity index is 273. The van der Waals surface area contributed by atoms with Crippen molar-refractivity contribution in [3.63, 3.8) is 0 Å². The third-order valence-corrected chi connectivity index (χ3v) is 3.44. The van der Waals surface area contributed by atoms with Gasteiger partial charge < -0.3 is 16.0 Å². The van der Waals surface area contributed by atoms with Crippen LogP contribution in [-0.2, 0) is 9.59 Å². The molecule has 0 radical (unpaired) electrons. The topological polar surface area (TPSA) is 75.4 Å². The molecule has 0 unspecified atom stereocenters. The van der Waals surface area contributed by atoms with Gasteiger partial charge in [0, 0.05) is 26.6 Å². The van der Waals surface area contributed by atoms with Crippen molar-refractivity contribution in [2.75, 3.05) is 20.6 Å². The lowest BCUT2D eigenvalue weighted by Gasteiger charge is -2.27. The zero-order valence-corrected chi connectivity index (χ0v) is 10.7. The number of likely N-dealkylation sites (N-methyl/N-ethyl adjacent to an activating group) is 2. The third kappa shape index (κ3) is 4.73. The predicted octanol–water partition coefficient (Wildman–Crippen LogP) is 0.0984. The summed E-state index contributed by atoms with van der Waals surface area (Å²) in [6, 6.07) is 0.310. The maximum Gasteiger partial charge on any atom is 0.239 e. The van der Waals surface area contributed by atoms with Crippen LogP contribution < -0.4 is 11.1 Å². The number of nitrogens with one attached hydrogen (secondary N) is 1. The lowest BCUT2D eigenvalue weighted by molar-refractivity contribution is -0.135. The van der Waals surface area contributed by atoms with Crippen LogP contribution >= 0.6 is 0 Å². The van der Waals surface area contributed by atoms with E-state index >= 15 is 0 Å². The molecule has 0 bridgehead atoms. The van der Waals surface area contributed by atoms with Gasteiger partial charge in [0.15, 0.2) is 0 Å². The van der Waals surface area contributed by atoms with E-state index in [0.717, 1.165) is 25.7 Å². The standard InChI is InChI=1S/C12H23N3O2/c1-14-11(16)8-15(2)12(17)7-9-3-5-10(13)6-4-9/h9-10H,3-8,13H2,1-2H3,(H,14,16). The van der Waals surface area contributed by atoms with Gasteiger partial charge >= 0.3 is 0 Å². The molecule has 5 nitrogen and oxygen atoms in total. The SMILES string of the molecule is CNC(=O)CN(C)C(=O)CC1CCC(N)CC1. The van der Waals surface area contributed by atoms with Crippen LogP contribution in [0.4, 0.5) is 0 Å². The van der Waals surface area contributed by atoms with E-state index in [1.165, 1.54) is 4.90 Å². The van der Waals surface area contributed by atoms with Crippen LogP contribution in [0.3, 0.4) is 0 Å². The molecule has 98 valence electrons. The molecule has 3 N–H and O–H groups in total. The largest absolute Gasteiger partial charge is 0.358 e. The zero-order chi connectivity index (χ0) is 12.8.